The second kappa shape index (κ2) is 36.1. The summed E-state index contributed by atoms with van der Waals surface area (Å²) in [7, 11) is 1.29. The number of methoxy groups -OCH3 is 1. The van der Waals surface area contributed by atoms with Crippen molar-refractivity contribution >= 4 is 5.97 Å². The molecule has 0 amide bonds. The largest absolute Gasteiger partial charge is 0.468 e. The Bertz CT molecular complexity index is 224. The summed E-state index contributed by atoms with van der Waals surface area (Å²) in [5.41, 5.74) is 7.19. The highest BCUT2D eigenvalue weighted by molar-refractivity contribution is 5.84. The molecule has 0 aliphatic heterocycles. The lowest BCUT2D eigenvalue weighted by Gasteiger charge is -2.02. The lowest BCUT2D eigenvalue weighted by molar-refractivity contribution is -0.143. The smallest absolute Gasteiger partial charge is 0.317 e. The van der Waals surface area contributed by atoms with E-state index < -0.39 is 11.5 Å². The van der Waals surface area contributed by atoms with Crippen LogP contribution in [0, 0.1) is 0 Å². The van der Waals surface area contributed by atoms with Crippen LogP contribution >= 0.6 is 0 Å². The fourth-order valence-corrected chi connectivity index (χ4v) is 0.739. The molecule has 0 unspecified atom stereocenters. The molecule has 1 aliphatic rings. The average molecular weight is 351 g/mol. The first kappa shape index (κ1) is 36.4. The topological polar surface area (TPSA) is 75.1 Å². The third kappa shape index (κ3) is 20.5. The van der Waals surface area contributed by atoms with Gasteiger partial charge in [0, 0.05) is 50.7 Å². The van der Waals surface area contributed by atoms with Crippen molar-refractivity contribution in [1.29, 1.82) is 0 Å². The normalized spacial score (nSPS) is 10.4. The molecule has 5 nitrogen and oxygen atoms in total. The molecule has 1 fully saturated rings. The maximum atomic E-state index is 10.8. The zero-order valence-electron chi connectivity index (χ0n) is 9.76. The minimum Gasteiger partial charge on any atom is -0.468 e. The van der Waals surface area contributed by atoms with Gasteiger partial charge in [-0.3, -0.25) is 9.50 Å². The Labute approximate surface area is 108 Å². The summed E-state index contributed by atoms with van der Waals surface area (Å²) in [4.78, 5) is 13.4. The molecule has 0 aromatic rings. The molecular weight excluding hydrogens is 343 g/mol. The number of ether oxygens (including phenoxy) is 1. The summed E-state index contributed by atoms with van der Waals surface area (Å²) in [6.07, 6.45) is 1.23. The SMILES string of the molecule is COC(=O)C1(N=[N+]=[N-])CC1.F.FF.FF.FF.FF.FF. The van der Waals surface area contributed by atoms with Crippen molar-refractivity contribution < 1.29 is 60.0 Å². The van der Waals surface area contributed by atoms with E-state index in [1.165, 1.54) is 7.11 Å². The summed E-state index contributed by atoms with van der Waals surface area (Å²) in [6.45, 7) is 0. The Hall–Kier alpha value is -1.99. The standard InChI is InChI=1S/C5H7N3O2.5F2.FH/c1-10-4(9)5(2-3-5)7-8-6;5*1-2;/h2-3H2,1H3;;;;;;1H. The predicted octanol–water partition coefficient (Wildman–Crippen LogP) is 5.36. The zero-order chi connectivity index (χ0) is 17.6. The van der Waals surface area contributed by atoms with Crippen LogP contribution in [0.5, 0.6) is 0 Å². The summed E-state index contributed by atoms with van der Waals surface area (Å²) < 4.78 is 84.4. The number of hydrogen-bond acceptors (Lipinski definition) is 3. The van der Waals surface area contributed by atoms with Crippen molar-refractivity contribution in [3.05, 3.63) is 10.4 Å². The molecule has 0 atom stereocenters. The van der Waals surface area contributed by atoms with Crippen molar-refractivity contribution in [1.82, 2.24) is 0 Å². The van der Waals surface area contributed by atoms with Crippen molar-refractivity contribution in [3.8, 4) is 0 Å². The monoisotopic (exact) mass is 351 g/mol. The zero-order valence-corrected chi connectivity index (χ0v) is 9.76. The Morgan fingerprint density at radius 3 is 1.43 bits per heavy atom. The molecule has 0 saturated heterocycles. The van der Waals surface area contributed by atoms with E-state index in [4.69, 9.17) is 51.3 Å². The molecule has 21 heavy (non-hydrogen) atoms. The number of halogens is 11. The van der Waals surface area contributed by atoms with Gasteiger partial charge in [-0.1, -0.05) is 5.11 Å². The number of azide groups is 1. The Kier molecular flexibility index (Phi) is 62.7. The van der Waals surface area contributed by atoms with Crippen LogP contribution in [0.3, 0.4) is 0 Å². The van der Waals surface area contributed by atoms with Gasteiger partial charge in [0.05, 0.1) is 7.11 Å². The summed E-state index contributed by atoms with van der Waals surface area (Å²) in [6, 6.07) is 0. The van der Waals surface area contributed by atoms with Gasteiger partial charge in [-0.2, -0.15) is 0 Å². The Morgan fingerprint density at radius 2 is 1.29 bits per heavy atom. The molecular formula is C5H8F11N3O2. The maximum Gasteiger partial charge on any atom is 0.317 e. The molecule has 1 rings (SSSR count). The van der Waals surface area contributed by atoms with Crippen LogP contribution in [0.25, 0.3) is 10.4 Å². The average Bonchev–Trinajstić information content (AvgIpc) is 3.37. The first-order valence-electron chi connectivity index (χ1n) is 3.61. The van der Waals surface area contributed by atoms with Gasteiger partial charge in [-0.15, -0.1) is 0 Å². The van der Waals surface area contributed by atoms with E-state index in [-0.39, 0.29) is 4.70 Å². The number of carbonyl (C=O) groups excluding carboxylic acids is 1. The summed E-state index contributed by atoms with van der Waals surface area (Å²) in [5.74, 6) is -0.426. The molecule has 0 radical (unpaired) electrons. The third-order valence-electron chi connectivity index (χ3n) is 1.53. The van der Waals surface area contributed by atoms with E-state index in [9.17, 15) is 4.79 Å². The molecule has 0 heterocycles. The Morgan fingerprint density at radius 1 is 1.00 bits per heavy atom. The number of rotatable bonds is 2. The van der Waals surface area contributed by atoms with Crippen molar-refractivity contribution in [3.63, 3.8) is 0 Å². The fraction of sp³-hybridized carbons (Fsp3) is 0.800. The number of carbonyl (C=O) groups is 1. The number of nitrogens with zero attached hydrogens (tertiary/aromatic N) is 3. The third-order valence-corrected chi connectivity index (χ3v) is 1.53. The first-order chi connectivity index (χ1) is 9.75. The van der Waals surface area contributed by atoms with E-state index >= 15 is 0 Å². The molecule has 0 aromatic heterocycles. The van der Waals surface area contributed by atoms with Gasteiger partial charge in [0.25, 0.3) is 0 Å². The minimum atomic E-state index is -0.844. The highest BCUT2D eigenvalue weighted by Gasteiger charge is 2.50. The second-order valence-corrected chi connectivity index (χ2v) is 2.21. The van der Waals surface area contributed by atoms with Crippen LogP contribution in [-0.4, -0.2) is 18.6 Å². The molecule has 0 bridgehead atoms. The Balaban J connectivity index is -0.0000000440. The molecule has 0 aromatic carbocycles. The van der Waals surface area contributed by atoms with Gasteiger partial charge >= 0.3 is 5.97 Å². The lowest BCUT2D eigenvalue weighted by Crippen LogP contribution is -2.20. The second-order valence-electron chi connectivity index (χ2n) is 2.21. The van der Waals surface area contributed by atoms with Gasteiger partial charge in [-0.05, 0) is 18.4 Å². The van der Waals surface area contributed by atoms with Gasteiger partial charge in [-0.25, -0.2) is 0 Å². The van der Waals surface area contributed by atoms with Crippen LogP contribution in [0.15, 0.2) is 5.11 Å². The van der Waals surface area contributed by atoms with Crippen molar-refractivity contribution in [2.45, 2.75) is 18.4 Å². The molecule has 0 spiro atoms. The number of esters is 1. The highest BCUT2D eigenvalue weighted by atomic mass is 20.0. The minimum absolute atomic E-state index is 0. The molecule has 1 saturated carbocycles. The van der Waals surface area contributed by atoms with Gasteiger partial charge < -0.3 is 4.74 Å². The number of hydrogen-bond donors (Lipinski definition) is 0. The fourth-order valence-electron chi connectivity index (χ4n) is 0.739. The highest BCUT2D eigenvalue weighted by Crippen LogP contribution is 2.40. The molecule has 0 N–H and O–H groups in total. The van der Waals surface area contributed by atoms with Crippen molar-refractivity contribution in [2.24, 2.45) is 5.11 Å². The predicted molar refractivity (Wildman–Crippen MR) is 46.7 cm³/mol. The first-order valence-corrected chi connectivity index (χ1v) is 3.61. The van der Waals surface area contributed by atoms with E-state index in [1.54, 1.807) is 0 Å². The van der Waals surface area contributed by atoms with E-state index in [2.05, 4.69) is 14.8 Å². The molecule has 1 aliphatic carbocycles. The van der Waals surface area contributed by atoms with E-state index in [0.717, 1.165) is 0 Å². The van der Waals surface area contributed by atoms with Crippen LogP contribution in [0.1, 0.15) is 12.8 Å². The van der Waals surface area contributed by atoms with Gasteiger partial charge in [0.15, 0.2) is 0 Å². The lowest BCUT2D eigenvalue weighted by atomic mass is 10.3. The van der Waals surface area contributed by atoms with Crippen LogP contribution in [0.4, 0.5) is 50.4 Å². The molecule has 132 valence electrons. The van der Waals surface area contributed by atoms with Crippen LogP contribution in [0.2, 0.25) is 0 Å². The maximum absolute atomic E-state index is 10.8. The van der Waals surface area contributed by atoms with Crippen LogP contribution < -0.4 is 0 Å². The van der Waals surface area contributed by atoms with Gasteiger partial charge in [0.2, 0.25) is 0 Å². The quantitative estimate of drug-likeness (QED) is 0.221. The van der Waals surface area contributed by atoms with Gasteiger partial charge in [0.1, 0.15) is 5.54 Å². The summed E-state index contributed by atoms with van der Waals surface area (Å²) >= 11 is 0. The van der Waals surface area contributed by atoms with E-state index in [0.29, 0.717) is 12.8 Å². The van der Waals surface area contributed by atoms with Crippen molar-refractivity contribution in [2.75, 3.05) is 7.11 Å². The molecule has 16 heteroatoms. The van der Waals surface area contributed by atoms with Crippen LogP contribution in [-0.2, 0) is 9.53 Å². The summed E-state index contributed by atoms with van der Waals surface area (Å²) in [5, 5.41) is 3.34. The van der Waals surface area contributed by atoms with E-state index in [1.807, 2.05) is 0 Å².